The van der Waals surface area contributed by atoms with Gasteiger partial charge in [0.25, 0.3) is 5.56 Å². The van der Waals surface area contributed by atoms with E-state index in [-0.39, 0.29) is 17.2 Å². The number of ether oxygens (including phenoxy) is 2. The number of carbonyl (C=O) groups excluding carboxylic acids is 1. The molecular formula is C24H25N3O4. The van der Waals surface area contributed by atoms with E-state index in [0.717, 1.165) is 25.7 Å². The number of benzene rings is 2. The van der Waals surface area contributed by atoms with Crippen molar-refractivity contribution in [2.45, 2.75) is 44.9 Å². The quantitative estimate of drug-likeness (QED) is 0.351. The maximum atomic E-state index is 13.3. The van der Waals surface area contributed by atoms with Gasteiger partial charge in [0, 0.05) is 18.4 Å². The molecule has 31 heavy (non-hydrogen) atoms. The molecule has 3 aromatic rings. The molecule has 1 aliphatic rings. The minimum Gasteiger partial charge on any atom is -0.493 e. The van der Waals surface area contributed by atoms with Crippen LogP contribution in [0, 0.1) is 0 Å². The van der Waals surface area contributed by atoms with Gasteiger partial charge in [0.05, 0.1) is 24.2 Å². The summed E-state index contributed by atoms with van der Waals surface area (Å²) >= 11 is 0. The zero-order valence-electron chi connectivity index (χ0n) is 17.7. The second-order valence-corrected chi connectivity index (χ2v) is 7.66. The fraction of sp³-hybridized carbons (Fsp3) is 0.333. The normalized spacial score (nSPS) is 14.8. The van der Waals surface area contributed by atoms with Crippen LogP contribution in [0.15, 0.2) is 52.4 Å². The molecule has 4 rings (SSSR count). The van der Waals surface area contributed by atoms with Crippen molar-refractivity contribution in [3.63, 3.8) is 0 Å². The van der Waals surface area contributed by atoms with E-state index >= 15 is 0 Å². The lowest BCUT2D eigenvalue weighted by atomic mass is 9.88. The summed E-state index contributed by atoms with van der Waals surface area (Å²) in [6, 6.07) is 12.6. The van der Waals surface area contributed by atoms with E-state index in [4.69, 9.17) is 14.5 Å². The average Bonchev–Trinajstić information content (AvgIpc) is 2.79. The summed E-state index contributed by atoms with van der Waals surface area (Å²) in [5.74, 6) is 1.07. The topological polar surface area (TPSA) is 82.8 Å². The molecule has 0 aliphatic heterocycles. The molecule has 0 unspecified atom stereocenters. The van der Waals surface area contributed by atoms with E-state index in [1.807, 2.05) is 18.2 Å². The van der Waals surface area contributed by atoms with Gasteiger partial charge < -0.3 is 9.47 Å². The molecule has 2 aromatic carbocycles. The molecule has 1 aromatic heterocycles. The average molecular weight is 419 g/mol. The third kappa shape index (κ3) is 4.35. The van der Waals surface area contributed by atoms with Crippen LogP contribution in [0.3, 0.4) is 0 Å². The molecule has 0 radical (unpaired) electrons. The molecule has 0 bridgehead atoms. The van der Waals surface area contributed by atoms with Crippen molar-refractivity contribution >= 4 is 23.1 Å². The van der Waals surface area contributed by atoms with E-state index in [1.54, 1.807) is 24.3 Å². The summed E-state index contributed by atoms with van der Waals surface area (Å²) in [7, 11) is 1.50. The van der Waals surface area contributed by atoms with Crippen LogP contribution in [0.2, 0.25) is 0 Å². The number of methoxy groups -OCH3 is 1. The van der Waals surface area contributed by atoms with Crippen molar-refractivity contribution in [3.8, 4) is 11.5 Å². The van der Waals surface area contributed by atoms with Crippen molar-refractivity contribution in [2.24, 2.45) is 5.10 Å². The molecule has 0 spiro atoms. The number of hydrogen-bond donors (Lipinski definition) is 0. The number of carbonyl (C=O) groups is 1. The first kappa shape index (κ1) is 20.8. The molecule has 0 N–H and O–H groups in total. The maximum absolute atomic E-state index is 13.3. The van der Waals surface area contributed by atoms with E-state index < -0.39 is 5.97 Å². The molecular weight excluding hydrogens is 394 g/mol. The van der Waals surface area contributed by atoms with Crippen LogP contribution >= 0.6 is 0 Å². The number of esters is 1. The first-order valence-electron chi connectivity index (χ1n) is 10.5. The second-order valence-electron chi connectivity index (χ2n) is 7.66. The Morgan fingerprint density at radius 1 is 1.13 bits per heavy atom. The molecule has 1 saturated carbocycles. The van der Waals surface area contributed by atoms with E-state index in [2.05, 4.69) is 5.10 Å². The van der Waals surface area contributed by atoms with Gasteiger partial charge in [-0.05, 0) is 37.1 Å². The molecule has 0 amide bonds. The van der Waals surface area contributed by atoms with Gasteiger partial charge in [-0.2, -0.15) is 9.78 Å². The minimum atomic E-state index is -0.466. The lowest BCUT2D eigenvalue weighted by Gasteiger charge is -2.22. The Bertz CT molecular complexity index is 1190. The Balaban J connectivity index is 1.84. The van der Waals surface area contributed by atoms with Gasteiger partial charge in [0.15, 0.2) is 11.5 Å². The monoisotopic (exact) mass is 419 g/mol. The van der Waals surface area contributed by atoms with Crippen LogP contribution in [-0.4, -0.2) is 29.0 Å². The van der Waals surface area contributed by atoms with E-state index in [9.17, 15) is 9.59 Å². The summed E-state index contributed by atoms with van der Waals surface area (Å²) in [4.78, 5) is 29.7. The smallest absolute Gasteiger partial charge is 0.308 e. The number of fused-ring (bicyclic) bond motifs is 1. The lowest BCUT2D eigenvalue weighted by molar-refractivity contribution is -0.132. The van der Waals surface area contributed by atoms with Crippen LogP contribution in [0.4, 0.5) is 0 Å². The molecule has 1 fully saturated rings. The number of para-hydroxylation sites is 2. The van der Waals surface area contributed by atoms with Crippen LogP contribution < -0.4 is 15.0 Å². The van der Waals surface area contributed by atoms with Crippen molar-refractivity contribution in [1.82, 2.24) is 9.66 Å². The van der Waals surface area contributed by atoms with Gasteiger partial charge >= 0.3 is 5.97 Å². The number of rotatable bonds is 5. The fourth-order valence-corrected chi connectivity index (χ4v) is 4.05. The molecule has 7 nitrogen and oxygen atoms in total. The van der Waals surface area contributed by atoms with Gasteiger partial charge in [-0.15, -0.1) is 0 Å². The standard InChI is InChI=1S/C24H25N3O4/c1-16(28)31-22-18(11-8-14-21(22)30-2)15-25-27-23(17-9-4-3-5-10-17)26-20-13-7-6-12-19(20)24(27)29/h6-8,11-15,17H,3-5,9-10H2,1-2H3. The molecule has 1 aliphatic carbocycles. The fourth-order valence-electron chi connectivity index (χ4n) is 4.05. The number of hydrogen-bond acceptors (Lipinski definition) is 6. The highest BCUT2D eigenvalue weighted by Crippen LogP contribution is 2.32. The molecule has 160 valence electrons. The number of aromatic nitrogens is 2. The summed E-state index contributed by atoms with van der Waals surface area (Å²) in [5, 5.41) is 5.03. The highest BCUT2D eigenvalue weighted by atomic mass is 16.6. The minimum absolute atomic E-state index is 0.182. The Morgan fingerprint density at radius 2 is 1.90 bits per heavy atom. The molecule has 0 atom stereocenters. The molecule has 1 heterocycles. The lowest BCUT2D eigenvalue weighted by Crippen LogP contribution is -2.25. The molecule has 0 saturated heterocycles. The molecule has 7 heteroatoms. The summed E-state index contributed by atoms with van der Waals surface area (Å²) in [6.45, 7) is 1.33. The highest BCUT2D eigenvalue weighted by molar-refractivity contribution is 5.87. The predicted molar refractivity (Wildman–Crippen MR) is 119 cm³/mol. The van der Waals surface area contributed by atoms with Crippen molar-refractivity contribution in [1.29, 1.82) is 0 Å². The summed E-state index contributed by atoms with van der Waals surface area (Å²) < 4.78 is 12.1. The van der Waals surface area contributed by atoms with Gasteiger partial charge in [-0.1, -0.05) is 37.5 Å². The van der Waals surface area contributed by atoms with E-state index in [0.29, 0.717) is 28.0 Å². The summed E-state index contributed by atoms with van der Waals surface area (Å²) in [6.07, 6.45) is 6.92. The van der Waals surface area contributed by atoms with E-state index in [1.165, 1.54) is 31.3 Å². The maximum Gasteiger partial charge on any atom is 0.308 e. The largest absolute Gasteiger partial charge is 0.493 e. The Morgan fingerprint density at radius 3 is 2.65 bits per heavy atom. The van der Waals surface area contributed by atoms with Gasteiger partial charge in [0.1, 0.15) is 5.82 Å². The predicted octanol–water partition coefficient (Wildman–Crippen LogP) is 4.26. The highest BCUT2D eigenvalue weighted by Gasteiger charge is 2.22. The first-order chi connectivity index (χ1) is 15.1. The number of nitrogens with zero attached hydrogens (tertiary/aromatic N) is 3. The van der Waals surface area contributed by atoms with Crippen LogP contribution in [0.5, 0.6) is 11.5 Å². The third-order valence-electron chi connectivity index (χ3n) is 5.54. The Kier molecular flexibility index (Phi) is 6.11. The summed E-state index contributed by atoms with van der Waals surface area (Å²) in [5.41, 5.74) is 1.00. The van der Waals surface area contributed by atoms with Crippen molar-refractivity contribution in [3.05, 3.63) is 64.2 Å². The van der Waals surface area contributed by atoms with Crippen LogP contribution in [0.1, 0.15) is 56.3 Å². The van der Waals surface area contributed by atoms with Crippen molar-refractivity contribution in [2.75, 3.05) is 7.11 Å². The van der Waals surface area contributed by atoms with Crippen LogP contribution in [0.25, 0.3) is 10.9 Å². The zero-order chi connectivity index (χ0) is 21.8. The second kappa shape index (κ2) is 9.12. The van der Waals surface area contributed by atoms with Gasteiger partial charge in [0.2, 0.25) is 0 Å². The zero-order valence-corrected chi connectivity index (χ0v) is 17.7. The van der Waals surface area contributed by atoms with Crippen molar-refractivity contribution < 1.29 is 14.3 Å². The third-order valence-corrected chi connectivity index (χ3v) is 5.54. The SMILES string of the molecule is COc1cccc(C=Nn2c(C3CCCCC3)nc3ccccc3c2=O)c1OC(C)=O. The van der Waals surface area contributed by atoms with Gasteiger partial charge in [-0.25, -0.2) is 4.98 Å². The Hall–Kier alpha value is -3.48. The van der Waals surface area contributed by atoms with Crippen LogP contribution in [-0.2, 0) is 4.79 Å². The van der Waals surface area contributed by atoms with Gasteiger partial charge in [-0.3, -0.25) is 9.59 Å². The Labute approximate surface area is 180 Å². The first-order valence-corrected chi connectivity index (χ1v) is 10.5.